The highest BCUT2D eigenvalue weighted by molar-refractivity contribution is 5.85. The highest BCUT2D eigenvalue weighted by Crippen LogP contribution is 2.12. The van der Waals surface area contributed by atoms with Gasteiger partial charge in [-0.25, -0.2) is 0 Å². The molecule has 0 heterocycles. The summed E-state index contributed by atoms with van der Waals surface area (Å²) in [5.74, 6) is -0.247. The molecular formula is C16H33NO2. The number of carbonyl (C=O) groups is 1. The fourth-order valence-electron chi connectivity index (χ4n) is 2.20. The van der Waals surface area contributed by atoms with Crippen molar-refractivity contribution >= 4 is 5.78 Å². The summed E-state index contributed by atoms with van der Waals surface area (Å²) in [4.78, 5) is 11.3. The molecule has 0 aromatic carbocycles. The Hall–Kier alpha value is -0.410. The third-order valence-corrected chi connectivity index (χ3v) is 3.57. The maximum atomic E-state index is 11.3. The summed E-state index contributed by atoms with van der Waals surface area (Å²) in [5, 5.41) is 9.28. The number of nitrogens with two attached hydrogens (primary N) is 1. The second-order valence-electron chi connectivity index (χ2n) is 5.86. The van der Waals surface area contributed by atoms with E-state index >= 15 is 0 Å². The zero-order valence-electron chi connectivity index (χ0n) is 12.9. The zero-order valence-corrected chi connectivity index (χ0v) is 12.9. The van der Waals surface area contributed by atoms with Crippen molar-refractivity contribution in [3.8, 4) is 0 Å². The highest BCUT2D eigenvalue weighted by Gasteiger charge is 2.22. The molecule has 0 bridgehead atoms. The van der Waals surface area contributed by atoms with E-state index in [0.717, 1.165) is 12.8 Å². The molecule has 0 radical (unpaired) electrons. The first kappa shape index (κ1) is 18.6. The van der Waals surface area contributed by atoms with Crippen molar-refractivity contribution in [2.45, 2.75) is 96.6 Å². The molecule has 3 nitrogen and oxygen atoms in total. The molecule has 1 atom stereocenters. The van der Waals surface area contributed by atoms with E-state index < -0.39 is 5.72 Å². The van der Waals surface area contributed by atoms with Crippen molar-refractivity contribution in [1.29, 1.82) is 0 Å². The molecule has 0 rings (SSSR count). The molecule has 3 heteroatoms. The van der Waals surface area contributed by atoms with Gasteiger partial charge >= 0.3 is 0 Å². The number of carbonyl (C=O) groups excluding carboxylic acids is 1. The minimum absolute atomic E-state index is 0.247. The number of aliphatic hydroxyl groups is 1. The number of hydrogen-bond acceptors (Lipinski definition) is 3. The first-order chi connectivity index (χ1) is 8.98. The predicted molar refractivity (Wildman–Crippen MR) is 80.9 cm³/mol. The predicted octanol–water partition coefficient (Wildman–Crippen LogP) is 3.92. The van der Waals surface area contributed by atoms with Crippen LogP contribution in [0.5, 0.6) is 0 Å². The second-order valence-corrected chi connectivity index (χ2v) is 5.86. The van der Waals surface area contributed by atoms with E-state index in [4.69, 9.17) is 5.73 Å². The standard InChI is InChI=1S/C16H33NO2/c1-3-4-5-6-7-8-9-10-11-12-13-14-15(18)16(2,17)19/h19H,3-14,17H2,1-2H3. The van der Waals surface area contributed by atoms with Gasteiger partial charge < -0.3 is 5.11 Å². The summed E-state index contributed by atoms with van der Waals surface area (Å²) in [6.07, 6.45) is 14.3. The minimum Gasteiger partial charge on any atom is -0.369 e. The highest BCUT2D eigenvalue weighted by atomic mass is 16.3. The fraction of sp³-hybridized carbons (Fsp3) is 0.938. The quantitative estimate of drug-likeness (QED) is 0.394. The first-order valence-corrected chi connectivity index (χ1v) is 8.03. The maximum Gasteiger partial charge on any atom is 0.178 e. The number of rotatable bonds is 13. The van der Waals surface area contributed by atoms with Gasteiger partial charge in [-0.05, 0) is 13.3 Å². The Morgan fingerprint density at radius 3 is 1.63 bits per heavy atom. The van der Waals surface area contributed by atoms with Crippen molar-refractivity contribution in [3.05, 3.63) is 0 Å². The summed E-state index contributed by atoms with van der Waals surface area (Å²) in [6.45, 7) is 3.60. The van der Waals surface area contributed by atoms with Crippen LogP contribution in [-0.4, -0.2) is 16.6 Å². The zero-order chi connectivity index (χ0) is 14.6. The van der Waals surface area contributed by atoms with Gasteiger partial charge in [-0.1, -0.05) is 71.1 Å². The van der Waals surface area contributed by atoms with Crippen LogP contribution < -0.4 is 5.73 Å². The minimum atomic E-state index is -1.64. The normalized spacial score (nSPS) is 14.3. The van der Waals surface area contributed by atoms with Crippen molar-refractivity contribution in [3.63, 3.8) is 0 Å². The average Bonchev–Trinajstić information content (AvgIpc) is 2.34. The molecule has 0 saturated carbocycles. The van der Waals surface area contributed by atoms with Gasteiger partial charge in [0, 0.05) is 6.42 Å². The molecule has 0 aromatic heterocycles. The molecule has 19 heavy (non-hydrogen) atoms. The Morgan fingerprint density at radius 2 is 1.26 bits per heavy atom. The molecule has 0 aliphatic carbocycles. The van der Waals surface area contributed by atoms with E-state index in [0.29, 0.717) is 6.42 Å². The molecule has 0 aliphatic rings. The molecule has 0 aliphatic heterocycles. The first-order valence-electron chi connectivity index (χ1n) is 8.03. The van der Waals surface area contributed by atoms with Crippen LogP contribution in [-0.2, 0) is 4.79 Å². The summed E-state index contributed by atoms with van der Waals surface area (Å²) >= 11 is 0. The number of hydrogen-bond donors (Lipinski definition) is 2. The van der Waals surface area contributed by atoms with Gasteiger partial charge in [0.05, 0.1) is 0 Å². The molecule has 0 fully saturated rings. The molecule has 0 spiro atoms. The fourth-order valence-corrected chi connectivity index (χ4v) is 2.20. The van der Waals surface area contributed by atoms with Crippen LogP contribution in [0.15, 0.2) is 0 Å². The van der Waals surface area contributed by atoms with Crippen molar-refractivity contribution < 1.29 is 9.90 Å². The SMILES string of the molecule is CCCCCCCCCCCCCC(=O)C(C)(N)O. The van der Waals surface area contributed by atoms with Gasteiger partial charge in [0.25, 0.3) is 0 Å². The smallest absolute Gasteiger partial charge is 0.178 e. The van der Waals surface area contributed by atoms with E-state index in [1.807, 2.05) is 0 Å². The van der Waals surface area contributed by atoms with Crippen LogP contribution in [0.25, 0.3) is 0 Å². The Kier molecular flexibility index (Phi) is 11.2. The topological polar surface area (TPSA) is 63.3 Å². The van der Waals surface area contributed by atoms with Gasteiger partial charge in [0.2, 0.25) is 0 Å². The summed E-state index contributed by atoms with van der Waals surface area (Å²) in [5.41, 5.74) is 3.68. The Labute approximate surface area is 119 Å². The van der Waals surface area contributed by atoms with Crippen LogP contribution in [0.2, 0.25) is 0 Å². The van der Waals surface area contributed by atoms with Crippen LogP contribution in [0.1, 0.15) is 90.9 Å². The molecule has 114 valence electrons. The lowest BCUT2D eigenvalue weighted by Gasteiger charge is -2.14. The lowest BCUT2D eigenvalue weighted by molar-refractivity contribution is -0.135. The van der Waals surface area contributed by atoms with Gasteiger partial charge in [-0.2, -0.15) is 0 Å². The summed E-state index contributed by atoms with van der Waals surface area (Å²) in [7, 11) is 0. The second kappa shape index (κ2) is 11.4. The van der Waals surface area contributed by atoms with E-state index in [9.17, 15) is 9.90 Å². The van der Waals surface area contributed by atoms with Gasteiger partial charge in [0.1, 0.15) is 0 Å². The van der Waals surface area contributed by atoms with Crippen molar-refractivity contribution in [1.82, 2.24) is 0 Å². The number of ketones is 1. The maximum absolute atomic E-state index is 11.3. The largest absolute Gasteiger partial charge is 0.369 e. The Bertz CT molecular complexity index is 221. The molecule has 1 unspecified atom stereocenters. The van der Waals surface area contributed by atoms with Crippen molar-refractivity contribution in [2.75, 3.05) is 0 Å². The van der Waals surface area contributed by atoms with Gasteiger partial charge in [0.15, 0.2) is 11.5 Å². The summed E-state index contributed by atoms with van der Waals surface area (Å²) in [6, 6.07) is 0. The molecule has 0 saturated heterocycles. The van der Waals surface area contributed by atoms with E-state index in [-0.39, 0.29) is 5.78 Å². The summed E-state index contributed by atoms with van der Waals surface area (Å²) < 4.78 is 0. The van der Waals surface area contributed by atoms with Crippen LogP contribution >= 0.6 is 0 Å². The third-order valence-electron chi connectivity index (χ3n) is 3.57. The lowest BCUT2D eigenvalue weighted by Crippen LogP contribution is -2.44. The Morgan fingerprint density at radius 1 is 0.895 bits per heavy atom. The van der Waals surface area contributed by atoms with Crippen molar-refractivity contribution in [2.24, 2.45) is 5.73 Å². The third kappa shape index (κ3) is 12.4. The Balaban J connectivity index is 3.17. The monoisotopic (exact) mass is 271 g/mol. The lowest BCUT2D eigenvalue weighted by atomic mass is 10.0. The average molecular weight is 271 g/mol. The number of Topliss-reactive ketones (excluding diaryl/α,β-unsaturated/α-hetero) is 1. The molecule has 3 N–H and O–H groups in total. The van der Waals surface area contributed by atoms with E-state index in [1.54, 1.807) is 0 Å². The number of unbranched alkanes of at least 4 members (excludes halogenated alkanes) is 10. The molecule has 0 aromatic rings. The molecule has 0 amide bonds. The van der Waals surface area contributed by atoms with E-state index in [2.05, 4.69) is 6.92 Å². The van der Waals surface area contributed by atoms with Crippen LogP contribution in [0, 0.1) is 0 Å². The van der Waals surface area contributed by atoms with Crippen LogP contribution in [0.4, 0.5) is 0 Å². The van der Waals surface area contributed by atoms with E-state index in [1.165, 1.54) is 64.7 Å². The van der Waals surface area contributed by atoms with Crippen LogP contribution in [0.3, 0.4) is 0 Å². The molecular weight excluding hydrogens is 238 g/mol. The van der Waals surface area contributed by atoms with Gasteiger partial charge in [-0.3, -0.25) is 10.5 Å². The van der Waals surface area contributed by atoms with Gasteiger partial charge in [-0.15, -0.1) is 0 Å².